The molecule has 116 valence electrons. The van der Waals surface area contributed by atoms with Crippen molar-refractivity contribution in [1.82, 2.24) is 14.7 Å². The second kappa shape index (κ2) is 5.75. The number of carbonyl (C=O) groups is 2. The number of likely N-dealkylation sites (tertiary alicyclic amines) is 1. The average Bonchev–Trinajstić information content (AvgIpc) is 2.89. The van der Waals surface area contributed by atoms with E-state index >= 15 is 0 Å². The Kier molecular flexibility index (Phi) is 4.20. The van der Waals surface area contributed by atoms with E-state index in [2.05, 4.69) is 5.10 Å². The second-order valence-corrected chi connectivity index (χ2v) is 5.47. The maximum atomic E-state index is 12.2. The van der Waals surface area contributed by atoms with E-state index in [0.717, 1.165) is 11.4 Å². The Hall–Kier alpha value is -2.05. The van der Waals surface area contributed by atoms with E-state index in [-0.39, 0.29) is 18.6 Å². The van der Waals surface area contributed by atoms with Crippen molar-refractivity contribution in [3.63, 3.8) is 0 Å². The molecule has 2 rings (SSSR count). The standard InChI is InChI=1S/C14H21N3O4/c1-8-13(10(3)16(4)15-8)21-7-12(18)17-6-5-11(9(17)2)14(19)20/h9,11H,5-7H2,1-4H3,(H,19,20). The van der Waals surface area contributed by atoms with Crippen LogP contribution in [0.15, 0.2) is 0 Å². The van der Waals surface area contributed by atoms with Crippen molar-refractivity contribution < 1.29 is 19.4 Å². The molecule has 1 aromatic heterocycles. The van der Waals surface area contributed by atoms with Crippen molar-refractivity contribution in [3.8, 4) is 5.75 Å². The molecule has 0 bridgehead atoms. The van der Waals surface area contributed by atoms with Crippen LogP contribution in [0.1, 0.15) is 24.7 Å². The molecule has 1 saturated heterocycles. The quantitative estimate of drug-likeness (QED) is 0.885. The minimum atomic E-state index is -0.849. The van der Waals surface area contributed by atoms with Gasteiger partial charge in [-0.3, -0.25) is 14.3 Å². The van der Waals surface area contributed by atoms with Crippen LogP contribution in [0.4, 0.5) is 0 Å². The summed E-state index contributed by atoms with van der Waals surface area (Å²) in [6.07, 6.45) is 0.493. The van der Waals surface area contributed by atoms with E-state index in [1.54, 1.807) is 16.5 Å². The molecular weight excluding hydrogens is 274 g/mol. The molecule has 0 aromatic carbocycles. The summed E-state index contributed by atoms with van der Waals surface area (Å²) in [6, 6.07) is -0.297. The molecule has 21 heavy (non-hydrogen) atoms. The van der Waals surface area contributed by atoms with Crippen molar-refractivity contribution in [2.24, 2.45) is 13.0 Å². The SMILES string of the molecule is Cc1nn(C)c(C)c1OCC(=O)N1CCC(C(=O)O)C1C. The van der Waals surface area contributed by atoms with Crippen LogP contribution in [0.3, 0.4) is 0 Å². The highest BCUT2D eigenvalue weighted by molar-refractivity contribution is 5.80. The van der Waals surface area contributed by atoms with Crippen LogP contribution in [0.2, 0.25) is 0 Å². The van der Waals surface area contributed by atoms with E-state index in [0.29, 0.717) is 18.7 Å². The van der Waals surface area contributed by atoms with Gasteiger partial charge in [-0.2, -0.15) is 5.10 Å². The summed E-state index contributed by atoms with van der Waals surface area (Å²) in [5.74, 6) is -0.908. The fourth-order valence-corrected chi connectivity index (χ4v) is 2.80. The third-order valence-corrected chi connectivity index (χ3v) is 4.18. The van der Waals surface area contributed by atoms with Crippen LogP contribution in [0, 0.1) is 19.8 Å². The Morgan fingerprint density at radius 3 is 2.57 bits per heavy atom. The van der Waals surface area contributed by atoms with Crippen LogP contribution < -0.4 is 4.74 Å². The number of aliphatic carboxylic acids is 1. The normalized spacial score (nSPS) is 21.6. The number of carboxylic acid groups (broad SMARTS) is 1. The molecular formula is C14H21N3O4. The summed E-state index contributed by atoms with van der Waals surface area (Å²) in [4.78, 5) is 24.9. The largest absolute Gasteiger partial charge is 0.481 e. The number of aryl methyl sites for hydroxylation is 2. The first kappa shape index (κ1) is 15.3. The lowest BCUT2D eigenvalue weighted by atomic mass is 10.0. The van der Waals surface area contributed by atoms with Gasteiger partial charge in [0.15, 0.2) is 12.4 Å². The van der Waals surface area contributed by atoms with Gasteiger partial charge >= 0.3 is 5.97 Å². The fraction of sp³-hybridized carbons (Fsp3) is 0.643. The maximum Gasteiger partial charge on any atom is 0.308 e. The van der Waals surface area contributed by atoms with Gasteiger partial charge in [-0.05, 0) is 27.2 Å². The third-order valence-electron chi connectivity index (χ3n) is 4.18. The molecule has 0 saturated carbocycles. The minimum absolute atomic E-state index is 0.0932. The second-order valence-electron chi connectivity index (χ2n) is 5.47. The number of carboxylic acids is 1. The average molecular weight is 295 g/mol. The van der Waals surface area contributed by atoms with E-state index < -0.39 is 11.9 Å². The van der Waals surface area contributed by atoms with Crippen molar-refractivity contribution in [2.45, 2.75) is 33.2 Å². The lowest BCUT2D eigenvalue weighted by molar-refractivity contribution is -0.143. The predicted molar refractivity (Wildman–Crippen MR) is 75.1 cm³/mol. The Labute approximate surface area is 123 Å². The Morgan fingerprint density at radius 1 is 1.43 bits per heavy atom. The monoisotopic (exact) mass is 295 g/mol. The van der Waals surface area contributed by atoms with Gasteiger partial charge < -0.3 is 14.7 Å². The summed E-state index contributed by atoms with van der Waals surface area (Å²) in [6.45, 7) is 5.84. The molecule has 7 heteroatoms. The first-order chi connectivity index (χ1) is 9.82. The van der Waals surface area contributed by atoms with Crippen molar-refractivity contribution in [3.05, 3.63) is 11.4 Å². The first-order valence-electron chi connectivity index (χ1n) is 6.98. The van der Waals surface area contributed by atoms with Crippen LogP contribution in [-0.2, 0) is 16.6 Å². The number of ether oxygens (including phenoxy) is 1. The smallest absolute Gasteiger partial charge is 0.308 e. The number of rotatable bonds is 4. The lowest BCUT2D eigenvalue weighted by Gasteiger charge is -2.23. The first-order valence-corrected chi connectivity index (χ1v) is 6.98. The number of aromatic nitrogens is 2. The van der Waals surface area contributed by atoms with E-state index in [4.69, 9.17) is 9.84 Å². The van der Waals surface area contributed by atoms with Crippen LogP contribution in [-0.4, -0.2) is 50.9 Å². The zero-order chi connectivity index (χ0) is 15.7. The molecule has 0 radical (unpaired) electrons. The molecule has 1 amide bonds. The number of hydrogen-bond donors (Lipinski definition) is 1. The summed E-state index contributed by atoms with van der Waals surface area (Å²) in [7, 11) is 1.82. The Bertz CT molecular complexity index is 567. The Balaban J connectivity index is 1.98. The van der Waals surface area contributed by atoms with Crippen molar-refractivity contribution in [2.75, 3.05) is 13.2 Å². The summed E-state index contributed by atoms with van der Waals surface area (Å²) >= 11 is 0. The van der Waals surface area contributed by atoms with E-state index in [1.807, 2.05) is 20.9 Å². The zero-order valence-electron chi connectivity index (χ0n) is 12.8. The van der Waals surface area contributed by atoms with Gasteiger partial charge in [0.2, 0.25) is 0 Å². The van der Waals surface area contributed by atoms with Crippen molar-refractivity contribution in [1.29, 1.82) is 0 Å². The molecule has 7 nitrogen and oxygen atoms in total. The van der Waals surface area contributed by atoms with Gasteiger partial charge in [0.05, 0.1) is 11.6 Å². The van der Waals surface area contributed by atoms with Gasteiger partial charge in [0.1, 0.15) is 5.69 Å². The zero-order valence-corrected chi connectivity index (χ0v) is 12.8. The van der Waals surface area contributed by atoms with Crippen LogP contribution in [0.5, 0.6) is 5.75 Å². The van der Waals surface area contributed by atoms with Gasteiger partial charge in [0, 0.05) is 19.6 Å². The molecule has 0 spiro atoms. The highest BCUT2D eigenvalue weighted by atomic mass is 16.5. The molecule has 1 aliphatic rings. The summed E-state index contributed by atoms with van der Waals surface area (Å²) in [5, 5.41) is 13.3. The molecule has 1 aromatic rings. The number of carbonyl (C=O) groups excluding carboxylic acids is 1. The maximum absolute atomic E-state index is 12.2. The van der Waals surface area contributed by atoms with Gasteiger partial charge in [-0.15, -0.1) is 0 Å². The summed E-state index contributed by atoms with van der Waals surface area (Å²) in [5.41, 5.74) is 1.60. The number of nitrogens with zero attached hydrogens (tertiary/aromatic N) is 3. The highest BCUT2D eigenvalue weighted by Crippen LogP contribution is 2.25. The van der Waals surface area contributed by atoms with Crippen LogP contribution >= 0.6 is 0 Å². The molecule has 2 unspecified atom stereocenters. The van der Waals surface area contributed by atoms with Crippen LogP contribution in [0.25, 0.3) is 0 Å². The lowest BCUT2D eigenvalue weighted by Crippen LogP contribution is -2.40. The third kappa shape index (κ3) is 2.86. The molecule has 2 heterocycles. The molecule has 2 atom stereocenters. The van der Waals surface area contributed by atoms with Gasteiger partial charge in [-0.25, -0.2) is 0 Å². The number of hydrogen-bond acceptors (Lipinski definition) is 4. The topological polar surface area (TPSA) is 84.7 Å². The molecule has 1 aliphatic heterocycles. The van der Waals surface area contributed by atoms with E-state index in [1.165, 1.54) is 0 Å². The van der Waals surface area contributed by atoms with Gasteiger partial charge in [0.25, 0.3) is 5.91 Å². The Morgan fingerprint density at radius 2 is 2.10 bits per heavy atom. The van der Waals surface area contributed by atoms with Crippen molar-refractivity contribution >= 4 is 11.9 Å². The van der Waals surface area contributed by atoms with E-state index in [9.17, 15) is 9.59 Å². The number of amides is 1. The fourth-order valence-electron chi connectivity index (χ4n) is 2.80. The molecule has 0 aliphatic carbocycles. The highest BCUT2D eigenvalue weighted by Gasteiger charge is 2.38. The minimum Gasteiger partial charge on any atom is -0.481 e. The van der Waals surface area contributed by atoms with Gasteiger partial charge in [-0.1, -0.05) is 0 Å². The predicted octanol–water partition coefficient (Wildman–Crippen LogP) is 0.737. The molecule has 1 fully saturated rings. The molecule has 1 N–H and O–H groups in total. The summed E-state index contributed by atoms with van der Waals surface area (Å²) < 4.78 is 7.29.